The number of nitrogen functional groups attached to an aromatic ring is 2. The van der Waals surface area contributed by atoms with Crippen LogP contribution in [-0.4, -0.2) is 9.97 Å². The van der Waals surface area contributed by atoms with Gasteiger partial charge in [0.2, 0.25) is 0 Å². The summed E-state index contributed by atoms with van der Waals surface area (Å²) in [5.74, 6) is 0.469. The van der Waals surface area contributed by atoms with Crippen LogP contribution < -0.4 is 11.5 Å². The highest BCUT2D eigenvalue weighted by Crippen LogP contribution is 2.24. The van der Waals surface area contributed by atoms with Gasteiger partial charge < -0.3 is 11.5 Å². The third-order valence-electron chi connectivity index (χ3n) is 3.45. The Bertz CT molecular complexity index is 738. The van der Waals surface area contributed by atoms with Crippen LogP contribution in [0.5, 0.6) is 0 Å². The molecule has 0 aliphatic carbocycles. The van der Waals surface area contributed by atoms with Crippen LogP contribution in [0.25, 0.3) is 10.9 Å². The molecule has 0 amide bonds. The molecule has 0 unspecified atom stereocenters. The number of hydrogen-bond donors (Lipinski definition) is 2. The maximum Gasteiger partial charge on any atom is 0.134 e. The standard InChI is InChI=1S/C16H16N4/c17-14-9-13-15(19-10-20-16(13)18)8-12(14)7-6-11-4-2-1-3-5-11/h1-5,8-10H,6-7,17H2,(H2,18,19,20). The van der Waals surface area contributed by atoms with Gasteiger partial charge in [0.1, 0.15) is 12.1 Å². The van der Waals surface area contributed by atoms with Gasteiger partial charge in [0.15, 0.2) is 0 Å². The van der Waals surface area contributed by atoms with Gasteiger partial charge in [-0.1, -0.05) is 30.3 Å². The zero-order valence-electron chi connectivity index (χ0n) is 11.1. The van der Waals surface area contributed by atoms with E-state index in [4.69, 9.17) is 11.5 Å². The topological polar surface area (TPSA) is 77.8 Å². The molecule has 3 rings (SSSR count). The Labute approximate surface area is 117 Å². The summed E-state index contributed by atoms with van der Waals surface area (Å²) in [4.78, 5) is 8.23. The molecule has 0 bridgehead atoms. The van der Waals surface area contributed by atoms with Gasteiger partial charge in [0, 0.05) is 11.1 Å². The molecule has 1 aromatic heterocycles. The Balaban J connectivity index is 1.90. The Morgan fingerprint density at radius 2 is 1.70 bits per heavy atom. The molecule has 0 aliphatic heterocycles. The average Bonchev–Trinajstić information content (AvgIpc) is 2.47. The lowest BCUT2D eigenvalue weighted by molar-refractivity contribution is 0.964. The maximum absolute atomic E-state index is 6.11. The van der Waals surface area contributed by atoms with E-state index in [-0.39, 0.29) is 0 Å². The van der Waals surface area contributed by atoms with E-state index in [1.807, 2.05) is 30.3 Å². The molecule has 4 nitrogen and oxygen atoms in total. The summed E-state index contributed by atoms with van der Waals surface area (Å²) in [6.07, 6.45) is 3.32. The molecule has 0 aliphatic rings. The highest BCUT2D eigenvalue weighted by Gasteiger charge is 2.06. The molecule has 0 saturated carbocycles. The van der Waals surface area contributed by atoms with Crippen molar-refractivity contribution < 1.29 is 0 Å². The number of aryl methyl sites for hydroxylation is 2. The number of benzene rings is 2. The van der Waals surface area contributed by atoms with Crippen molar-refractivity contribution in [2.45, 2.75) is 12.8 Å². The molecular formula is C16H16N4. The summed E-state index contributed by atoms with van der Waals surface area (Å²) >= 11 is 0. The number of nitrogens with zero attached hydrogens (tertiary/aromatic N) is 2. The molecule has 4 N–H and O–H groups in total. The molecule has 0 saturated heterocycles. The van der Waals surface area contributed by atoms with Crippen LogP contribution in [-0.2, 0) is 12.8 Å². The molecule has 0 spiro atoms. The third kappa shape index (κ3) is 2.40. The van der Waals surface area contributed by atoms with Gasteiger partial charge in [-0.15, -0.1) is 0 Å². The van der Waals surface area contributed by atoms with Crippen molar-refractivity contribution in [3.63, 3.8) is 0 Å². The Hall–Kier alpha value is -2.62. The Morgan fingerprint density at radius 3 is 2.50 bits per heavy atom. The number of aromatic nitrogens is 2. The quantitative estimate of drug-likeness (QED) is 0.713. The fourth-order valence-electron chi connectivity index (χ4n) is 2.32. The van der Waals surface area contributed by atoms with Crippen molar-refractivity contribution >= 4 is 22.4 Å². The summed E-state index contributed by atoms with van der Waals surface area (Å²) in [5, 5.41) is 0.813. The summed E-state index contributed by atoms with van der Waals surface area (Å²) in [6.45, 7) is 0. The number of fused-ring (bicyclic) bond motifs is 1. The fourth-order valence-corrected chi connectivity index (χ4v) is 2.32. The van der Waals surface area contributed by atoms with Gasteiger partial charge in [0.05, 0.1) is 5.52 Å². The van der Waals surface area contributed by atoms with Gasteiger partial charge in [-0.2, -0.15) is 0 Å². The second-order valence-electron chi connectivity index (χ2n) is 4.81. The SMILES string of the molecule is Nc1cc2c(N)ncnc2cc1CCc1ccccc1. The fraction of sp³-hybridized carbons (Fsp3) is 0.125. The van der Waals surface area contributed by atoms with Gasteiger partial charge in [0.25, 0.3) is 0 Å². The minimum atomic E-state index is 0.469. The van der Waals surface area contributed by atoms with Gasteiger partial charge in [-0.3, -0.25) is 0 Å². The molecule has 3 aromatic rings. The Morgan fingerprint density at radius 1 is 0.900 bits per heavy atom. The van der Waals surface area contributed by atoms with E-state index in [0.29, 0.717) is 5.82 Å². The molecule has 100 valence electrons. The highest BCUT2D eigenvalue weighted by atomic mass is 14.9. The number of nitrogens with two attached hydrogens (primary N) is 2. The minimum Gasteiger partial charge on any atom is -0.398 e. The van der Waals surface area contributed by atoms with Crippen molar-refractivity contribution in [1.82, 2.24) is 9.97 Å². The van der Waals surface area contributed by atoms with E-state index in [9.17, 15) is 0 Å². The molecule has 0 fully saturated rings. The zero-order valence-corrected chi connectivity index (χ0v) is 11.1. The van der Waals surface area contributed by atoms with E-state index in [2.05, 4.69) is 22.1 Å². The number of anilines is 2. The van der Waals surface area contributed by atoms with Gasteiger partial charge in [-0.05, 0) is 36.1 Å². The smallest absolute Gasteiger partial charge is 0.134 e. The van der Waals surface area contributed by atoms with Crippen LogP contribution in [0.15, 0.2) is 48.8 Å². The molecule has 2 aromatic carbocycles. The second-order valence-corrected chi connectivity index (χ2v) is 4.81. The van der Waals surface area contributed by atoms with Crippen LogP contribution in [0.1, 0.15) is 11.1 Å². The molecule has 4 heteroatoms. The Kier molecular flexibility index (Phi) is 3.21. The monoisotopic (exact) mass is 264 g/mol. The van der Waals surface area contributed by atoms with Crippen molar-refractivity contribution in [3.05, 3.63) is 59.9 Å². The first kappa shape index (κ1) is 12.4. The van der Waals surface area contributed by atoms with Crippen molar-refractivity contribution in [1.29, 1.82) is 0 Å². The third-order valence-corrected chi connectivity index (χ3v) is 3.45. The summed E-state index contributed by atoms with van der Waals surface area (Å²) in [6, 6.07) is 14.2. The summed E-state index contributed by atoms with van der Waals surface area (Å²) in [7, 11) is 0. The molecule has 0 atom stereocenters. The lowest BCUT2D eigenvalue weighted by Crippen LogP contribution is -2.00. The first-order valence-corrected chi connectivity index (χ1v) is 6.56. The summed E-state index contributed by atoms with van der Waals surface area (Å²) < 4.78 is 0. The van der Waals surface area contributed by atoms with Gasteiger partial charge in [-0.25, -0.2) is 9.97 Å². The lowest BCUT2D eigenvalue weighted by Gasteiger charge is -2.08. The predicted molar refractivity (Wildman–Crippen MR) is 82.2 cm³/mol. The van der Waals surface area contributed by atoms with Crippen LogP contribution in [0.3, 0.4) is 0 Å². The van der Waals surface area contributed by atoms with Crippen LogP contribution in [0, 0.1) is 0 Å². The van der Waals surface area contributed by atoms with Crippen molar-refractivity contribution in [2.75, 3.05) is 11.5 Å². The largest absolute Gasteiger partial charge is 0.398 e. The number of rotatable bonds is 3. The average molecular weight is 264 g/mol. The molecule has 1 heterocycles. The summed E-state index contributed by atoms with van der Waals surface area (Å²) in [5.41, 5.74) is 15.9. The minimum absolute atomic E-state index is 0.469. The normalized spacial score (nSPS) is 10.8. The second kappa shape index (κ2) is 5.17. The highest BCUT2D eigenvalue weighted by molar-refractivity contribution is 5.91. The van der Waals surface area contributed by atoms with Crippen molar-refractivity contribution in [3.8, 4) is 0 Å². The van der Waals surface area contributed by atoms with E-state index < -0.39 is 0 Å². The first-order valence-electron chi connectivity index (χ1n) is 6.56. The van der Waals surface area contributed by atoms with Crippen LogP contribution in [0.2, 0.25) is 0 Å². The van der Waals surface area contributed by atoms with Crippen LogP contribution >= 0.6 is 0 Å². The maximum atomic E-state index is 6.11. The van der Waals surface area contributed by atoms with E-state index in [0.717, 1.165) is 35.0 Å². The van der Waals surface area contributed by atoms with E-state index in [1.54, 1.807) is 0 Å². The van der Waals surface area contributed by atoms with Gasteiger partial charge >= 0.3 is 0 Å². The van der Waals surface area contributed by atoms with Crippen LogP contribution in [0.4, 0.5) is 11.5 Å². The number of hydrogen-bond acceptors (Lipinski definition) is 4. The molecule has 20 heavy (non-hydrogen) atoms. The van der Waals surface area contributed by atoms with E-state index >= 15 is 0 Å². The van der Waals surface area contributed by atoms with Crippen molar-refractivity contribution in [2.24, 2.45) is 0 Å². The first-order chi connectivity index (χ1) is 9.74. The molecule has 0 radical (unpaired) electrons. The zero-order chi connectivity index (χ0) is 13.9. The molecular weight excluding hydrogens is 248 g/mol. The lowest BCUT2D eigenvalue weighted by atomic mass is 10.0. The predicted octanol–water partition coefficient (Wildman–Crippen LogP) is 2.58. The van der Waals surface area contributed by atoms with E-state index in [1.165, 1.54) is 11.9 Å².